The average Bonchev–Trinajstić information content (AvgIpc) is 2.25. The Balaban J connectivity index is 2.56. The molecule has 1 aromatic carbocycles. The van der Waals surface area contributed by atoms with Gasteiger partial charge in [0.25, 0.3) is 0 Å². The van der Waals surface area contributed by atoms with Gasteiger partial charge in [0.15, 0.2) is 0 Å². The van der Waals surface area contributed by atoms with E-state index in [0.717, 1.165) is 6.54 Å². The molecule has 2 nitrogen and oxygen atoms in total. The van der Waals surface area contributed by atoms with Gasteiger partial charge in [0.2, 0.25) is 0 Å². The average molecular weight is 239 g/mol. The SMILES string of the molecule is Cc1ccccc1C(C)NCC(C)S(C)=O. The maximum atomic E-state index is 11.2. The Hall–Kier alpha value is -0.670. The zero-order chi connectivity index (χ0) is 12.1. The lowest BCUT2D eigenvalue weighted by molar-refractivity contribution is 0.567. The van der Waals surface area contributed by atoms with E-state index in [0.29, 0.717) is 6.04 Å². The molecule has 0 amide bonds. The summed E-state index contributed by atoms with van der Waals surface area (Å²) in [5, 5.41) is 3.63. The van der Waals surface area contributed by atoms with E-state index in [2.05, 4.69) is 43.4 Å². The first kappa shape index (κ1) is 13.4. The second-order valence-corrected chi connectivity index (χ2v) is 6.10. The van der Waals surface area contributed by atoms with E-state index in [9.17, 15) is 4.21 Å². The van der Waals surface area contributed by atoms with E-state index < -0.39 is 10.8 Å². The van der Waals surface area contributed by atoms with Gasteiger partial charge < -0.3 is 5.32 Å². The van der Waals surface area contributed by atoms with Crippen LogP contribution in [0.1, 0.15) is 31.0 Å². The van der Waals surface area contributed by atoms with E-state index in [4.69, 9.17) is 0 Å². The van der Waals surface area contributed by atoms with Crippen molar-refractivity contribution in [3.05, 3.63) is 35.4 Å². The smallest absolute Gasteiger partial charge is 0.0441 e. The van der Waals surface area contributed by atoms with Crippen molar-refractivity contribution < 1.29 is 4.21 Å². The van der Waals surface area contributed by atoms with Gasteiger partial charge in [-0.15, -0.1) is 0 Å². The molecule has 0 radical (unpaired) electrons. The zero-order valence-corrected chi connectivity index (χ0v) is 11.3. The molecule has 0 aliphatic carbocycles. The van der Waals surface area contributed by atoms with Gasteiger partial charge in [0.1, 0.15) is 0 Å². The minimum Gasteiger partial charge on any atom is -0.309 e. The number of rotatable bonds is 5. The highest BCUT2D eigenvalue weighted by atomic mass is 32.2. The van der Waals surface area contributed by atoms with Crippen molar-refractivity contribution >= 4 is 10.8 Å². The summed E-state index contributed by atoms with van der Waals surface area (Å²) >= 11 is 0. The summed E-state index contributed by atoms with van der Waals surface area (Å²) in [5.41, 5.74) is 2.62. The van der Waals surface area contributed by atoms with E-state index >= 15 is 0 Å². The van der Waals surface area contributed by atoms with Crippen molar-refractivity contribution in [1.82, 2.24) is 5.32 Å². The van der Waals surface area contributed by atoms with Gasteiger partial charge in [-0.25, -0.2) is 0 Å². The fourth-order valence-electron chi connectivity index (χ4n) is 1.64. The molecular weight excluding hydrogens is 218 g/mol. The van der Waals surface area contributed by atoms with E-state index in [-0.39, 0.29) is 5.25 Å². The number of benzene rings is 1. The summed E-state index contributed by atoms with van der Waals surface area (Å²) in [4.78, 5) is 0. The van der Waals surface area contributed by atoms with Gasteiger partial charge in [-0.3, -0.25) is 4.21 Å². The van der Waals surface area contributed by atoms with E-state index in [1.807, 2.05) is 6.92 Å². The van der Waals surface area contributed by atoms with Crippen LogP contribution in [0.4, 0.5) is 0 Å². The third-order valence-electron chi connectivity index (χ3n) is 2.93. The summed E-state index contributed by atoms with van der Waals surface area (Å²) < 4.78 is 11.2. The van der Waals surface area contributed by atoms with Crippen molar-refractivity contribution in [2.45, 2.75) is 32.1 Å². The molecule has 0 aliphatic rings. The number of hydrogen-bond acceptors (Lipinski definition) is 2. The fraction of sp³-hybridized carbons (Fsp3) is 0.538. The summed E-state index contributed by atoms with van der Waals surface area (Å²) in [5.74, 6) is 0. The van der Waals surface area contributed by atoms with Gasteiger partial charge >= 0.3 is 0 Å². The molecule has 0 bridgehead atoms. The van der Waals surface area contributed by atoms with E-state index in [1.165, 1.54) is 11.1 Å². The van der Waals surface area contributed by atoms with Crippen LogP contribution in [0, 0.1) is 6.92 Å². The van der Waals surface area contributed by atoms with Crippen molar-refractivity contribution in [3.8, 4) is 0 Å². The number of aryl methyl sites for hydroxylation is 1. The van der Waals surface area contributed by atoms with Crippen LogP contribution in [0.2, 0.25) is 0 Å². The van der Waals surface area contributed by atoms with Crippen LogP contribution in [-0.4, -0.2) is 22.3 Å². The molecule has 1 rings (SSSR count). The molecule has 0 saturated carbocycles. The Morgan fingerprint density at radius 3 is 2.50 bits per heavy atom. The molecule has 1 aromatic rings. The Bertz CT molecular complexity index is 365. The molecule has 16 heavy (non-hydrogen) atoms. The molecule has 0 spiro atoms. The Kier molecular flexibility index (Phi) is 5.16. The topological polar surface area (TPSA) is 29.1 Å². The lowest BCUT2D eigenvalue weighted by Gasteiger charge is -2.18. The Morgan fingerprint density at radius 2 is 1.94 bits per heavy atom. The van der Waals surface area contributed by atoms with Crippen LogP contribution in [-0.2, 0) is 10.8 Å². The van der Waals surface area contributed by atoms with Gasteiger partial charge in [0, 0.05) is 34.9 Å². The Labute approximate surface area is 101 Å². The van der Waals surface area contributed by atoms with Crippen molar-refractivity contribution in [3.63, 3.8) is 0 Å². The van der Waals surface area contributed by atoms with Crippen molar-refractivity contribution in [2.75, 3.05) is 12.8 Å². The minimum absolute atomic E-state index is 0.200. The van der Waals surface area contributed by atoms with Crippen LogP contribution in [0.15, 0.2) is 24.3 Å². The first-order chi connectivity index (χ1) is 7.52. The normalized spacial score (nSPS) is 16.8. The lowest BCUT2D eigenvalue weighted by atomic mass is 10.0. The zero-order valence-electron chi connectivity index (χ0n) is 10.5. The molecule has 1 N–H and O–H groups in total. The summed E-state index contributed by atoms with van der Waals surface area (Å²) in [7, 11) is -0.751. The van der Waals surface area contributed by atoms with Crippen LogP contribution < -0.4 is 5.32 Å². The number of nitrogens with one attached hydrogen (secondary N) is 1. The second-order valence-electron chi connectivity index (χ2n) is 4.30. The third kappa shape index (κ3) is 3.72. The largest absolute Gasteiger partial charge is 0.309 e. The predicted octanol–water partition coefficient (Wildman–Crippen LogP) is 2.41. The van der Waals surface area contributed by atoms with Crippen molar-refractivity contribution in [1.29, 1.82) is 0 Å². The molecule has 0 heterocycles. The van der Waals surface area contributed by atoms with Gasteiger partial charge in [0.05, 0.1) is 0 Å². The predicted molar refractivity (Wildman–Crippen MR) is 71.1 cm³/mol. The first-order valence-corrected chi connectivity index (χ1v) is 7.25. The van der Waals surface area contributed by atoms with Crippen molar-refractivity contribution in [2.24, 2.45) is 0 Å². The molecule has 3 atom stereocenters. The molecular formula is C13H21NOS. The Morgan fingerprint density at radius 1 is 1.31 bits per heavy atom. The maximum absolute atomic E-state index is 11.2. The highest BCUT2D eigenvalue weighted by molar-refractivity contribution is 7.84. The highest BCUT2D eigenvalue weighted by Crippen LogP contribution is 2.16. The molecule has 0 aromatic heterocycles. The minimum atomic E-state index is -0.751. The quantitative estimate of drug-likeness (QED) is 0.855. The molecule has 0 aliphatic heterocycles. The molecule has 3 unspecified atom stereocenters. The standard InChI is InChI=1S/C13H21NOS/c1-10-7-5-6-8-13(10)12(3)14-9-11(2)16(4)15/h5-8,11-12,14H,9H2,1-4H3. The summed E-state index contributed by atoms with van der Waals surface area (Å²) in [6, 6.07) is 8.68. The lowest BCUT2D eigenvalue weighted by Crippen LogP contribution is -2.30. The fourth-order valence-corrected chi connectivity index (χ4v) is 1.97. The summed E-state index contributed by atoms with van der Waals surface area (Å²) in [6.45, 7) is 7.06. The van der Waals surface area contributed by atoms with Crippen LogP contribution in [0.3, 0.4) is 0 Å². The first-order valence-electron chi connectivity index (χ1n) is 5.63. The molecule has 3 heteroatoms. The number of hydrogen-bond donors (Lipinski definition) is 1. The molecule has 90 valence electrons. The van der Waals surface area contributed by atoms with Crippen LogP contribution >= 0.6 is 0 Å². The molecule has 0 fully saturated rings. The van der Waals surface area contributed by atoms with Gasteiger partial charge in [-0.2, -0.15) is 0 Å². The molecule has 0 saturated heterocycles. The van der Waals surface area contributed by atoms with Crippen LogP contribution in [0.25, 0.3) is 0 Å². The second kappa shape index (κ2) is 6.16. The van der Waals surface area contributed by atoms with Crippen LogP contribution in [0.5, 0.6) is 0 Å². The van der Waals surface area contributed by atoms with Gasteiger partial charge in [-0.05, 0) is 31.9 Å². The maximum Gasteiger partial charge on any atom is 0.0441 e. The summed E-state index contributed by atoms with van der Waals surface area (Å²) in [6.07, 6.45) is 1.75. The van der Waals surface area contributed by atoms with E-state index in [1.54, 1.807) is 6.26 Å². The monoisotopic (exact) mass is 239 g/mol. The third-order valence-corrected chi connectivity index (χ3v) is 4.23. The van der Waals surface area contributed by atoms with Gasteiger partial charge in [-0.1, -0.05) is 24.3 Å². The highest BCUT2D eigenvalue weighted by Gasteiger charge is 2.10.